The van der Waals surface area contributed by atoms with Crippen molar-refractivity contribution in [2.75, 3.05) is 0 Å². The van der Waals surface area contributed by atoms with E-state index in [9.17, 15) is 4.79 Å². The van der Waals surface area contributed by atoms with Gasteiger partial charge in [-0.2, -0.15) is 0 Å². The van der Waals surface area contributed by atoms with Crippen LogP contribution in [-0.4, -0.2) is 5.24 Å². The van der Waals surface area contributed by atoms with Crippen LogP contribution in [0.3, 0.4) is 0 Å². The SMILES string of the molecule is O=C(Cl)c1cc2oc3ccccc3c2s1. The van der Waals surface area contributed by atoms with Crippen molar-refractivity contribution in [3.05, 3.63) is 35.2 Å². The van der Waals surface area contributed by atoms with Crippen LogP contribution in [0.4, 0.5) is 0 Å². The van der Waals surface area contributed by atoms with E-state index in [1.165, 1.54) is 11.3 Å². The molecule has 0 aliphatic carbocycles. The lowest BCUT2D eigenvalue weighted by molar-refractivity contribution is 0.108. The Labute approximate surface area is 94.1 Å². The normalized spacial score (nSPS) is 11.3. The van der Waals surface area contributed by atoms with E-state index in [-0.39, 0.29) is 0 Å². The topological polar surface area (TPSA) is 30.2 Å². The number of hydrogen-bond donors (Lipinski definition) is 0. The summed E-state index contributed by atoms with van der Waals surface area (Å²) in [5.74, 6) is 0. The second-order valence-electron chi connectivity index (χ2n) is 3.18. The third-order valence-corrected chi connectivity index (χ3v) is 3.71. The molecule has 0 aliphatic rings. The summed E-state index contributed by atoms with van der Waals surface area (Å²) in [5, 5.41) is 0.595. The fourth-order valence-electron chi connectivity index (χ4n) is 1.60. The molecule has 1 aromatic carbocycles. The molecule has 15 heavy (non-hydrogen) atoms. The molecular weight excluding hydrogens is 232 g/mol. The molecule has 0 atom stereocenters. The van der Waals surface area contributed by atoms with Crippen LogP contribution in [0.2, 0.25) is 0 Å². The number of carbonyl (C=O) groups is 1. The predicted molar refractivity (Wildman–Crippen MR) is 61.8 cm³/mol. The molecule has 0 unspecified atom stereocenters. The molecule has 0 amide bonds. The molecule has 2 heterocycles. The van der Waals surface area contributed by atoms with E-state index in [4.69, 9.17) is 16.0 Å². The summed E-state index contributed by atoms with van der Waals surface area (Å²) in [6.07, 6.45) is 0. The number of rotatable bonds is 1. The number of benzene rings is 1. The van der Waals surface area contributed by atoms with Crippen LogP contribution in [0.25, 0.3) is 21.3 Å². The number of thiophene rings is 1. The van der Waals surface area contributed by atoms with Gasteiger partial charge in [0.1, 0.15) is 11.2 Å². The molecule has 4 heteroatoms. The van der Waals surface area contributed by atoms with Gasteiger partial charge in [0.05, 0.1) is 9.58 Å². The maximum atomic E-state index is 11.0. The highest BCUT2D eigenvalue weighted by atomic mass is 35.5. The largest absolute Gasteiger partial charge is 0.455 e. The summed E-state index contributed by atoms with van der Waals surface area (Å²) < 4.78 is 6.56. The van der Waals surface area contributed by atoms with Crippen molar-refractivity contribution in [2.24, 2.45) is 0 Å². The van der Waals surface area contributed by atoms with Gasteiger partial charge in [0.15, 0.2) is 0 Å². The number of furan rings is 1. The Morgan fingerprint density at radius 3 is 2.87 bits per heavy atom. The monoisotopic (exact) mass is 236 g/mol. The van der Waals surface area contributed by atoms with Gasteiger partial charge in [-0.3, -0.25) is 4.79 Å². The summed E-state index contributed by atoms with van der Waals surface area (Å²) >= 11 is 6.78. The highest BCUT2D eigenvalue weighted by molar-refractivity contribution is 7.23. The number of halogens is 1. The van der Waals surface area contributed by atoms with E-state index in [1.54, 1.807) is 6.07 Å². The standard InChI is InChI=1S/C11H5ClO2S/c12-11(13)9-5-8-10(15-9)6-3-1-2-4-7(6)14-8/h1-5H. The lowest BCUT2D eigenvalue weighted by Crippen LogP contribution is -1.78. The maximum Gasteiger partial charge on any atom is 0.262 e. The van der Waals surface area contributed by atoms with Crippen molar-refractivity contribution in [3.8, 4) is 0 Å². The van der Waals surface area contributed by atoms with Gasteiger partial charge < -0.3 is 4.42 Å². The minimum atomic E-state index is -0.435. The molecule has 3 aromatic rings. The molecule has 2 nitrogen and oxygen atoms in total. The molecule has 3 rings (SSSR count). The highest BCUT2D eigenvalue weighted by Crippen LogP contribution is 2.35. The van der Waals surface area contributed by atoms with Crippen molar-refractivity contribution < 1.29 is 9.21 Å². The minimum absolute atomic E-state index is 0.435. The molecule has 74 valence electrons. The second kappa shape index (κ2) is 3.08. The van der Waals surface area contributed by atoms with E-state index < -0.39 is 5.24 Å². The van der Waals surface area contributed by atoms with Gasteiger partial charge in [-0.25, -0.2) is 0 Å². The number of fused-ring (bicyclic) bond motifs is 3. The average molecular weight is 237 g/mol. The molecule has 0 radical (unpaired) electrons. The van der Waals surface area contributed by atoms with Crippen LogP contribution in [0, 0.1) is 0 Å². The first-order valence-corrected chi connectivity index (χ1v) is 5.56. The number of para-hydroxylation sites is 1. The molecule has 0 aliphatic heterocycles. The van der Waals surface area contributed by atoms with Gasteiger partial charge >= 0.3 is 0 Å². The Morgan fingerprint density at radius 1 is 1.27 bits per heavy atom. The fourth-order valence-corrected chi connectivity index (χ4v) is 2.71. The molecule has 0 bridgehead atoms. The van der Waals surface area contributed by atoms with Gasteiger partial charge in [-0.1, -0.05) is 12.1 Å². The van der Waals surface area contributed by atoms with Crippen LogP contribution in [0.15, 0.2) is 34.7 Å². The summed E-state index contributed by atoms with van der Waals surface area (Å²) in [7, 11) is 0. The second-order valence-corrected chi connectivity index (χ2v) is 4.57. The predicted octanol–water partition coefficient (Wildman–Crippen LogP) is 4.03. The van der Waals surface area contributed by atoms with Crippen LogP contribution < -0.4 is 0 Å². The Bertz CT molecular complexity index is 665. The van der Waals surface area contributed by atoms with Crippen molar-refractivity contribution in [1.29, 1.82) is 0 Å². The van der Waals surface area contributed by atoms with E-state index >= 15 is 0 Å². The maximum absolute atomic E-state index is 11.0. The zero-order valence-corrected chi connectivity index (χ0v) is 9.06. The summed E-state index contributed by atoms with van der Waals surface area (Å²) in [4.78, 5) is 11.5. The third-order valence-electron chi connectivity index (χ3n) is 2.24. The molecule has 0 spiro atoms. The summed E-state index contributed by atoms with van der Waals surface area (Å²) in [5.41, 5.74) is 1.57. The van der Waals surface area contributed by atoms with Gasteiger partial charge in [0, 0.05) is 11.5 Å². The number of hydrogen-bond acceptors (Lipinski definition) is 3. The first-order chi connectivity index (χ1) is 7.25. The van der Waals surface area contributed by atoms with Crippen LogP contribution in [-0.2, 0) is 0 Å². The Morgan fingerprint density at radius 2 is 2.07 bits per heavy atom. The third kappa shape index (κ3) is 1.28. The van der Waals surface area contributed by atoms with Crippen LogP contribution >= 0.6 is 22.9 Å². The zero-order chi connectivity index (χ0) is 10.4. The van der Waals surface area contributed by atoms with Crippen molar-refractivity contribution in [1.82, 2.24) is 0 Å². The Hall–Kier alpha value is -1.32. The van der Waals surface area contributed by atoms with Gasteiger partial charge in [0.2, 0.25) is 0 Å². The lowest BCUT2D eigenvalue weighted by Gasteiger charge is -1.85. The van der Waals surface area contributed by atoms with Gasteiger partial charge in [-0.05, 0) is 23.7 Å². The quantitative estimate of drug-likeness (QED) is 0.597. The van der Waals surface area contributed by atoms with E-state index in [1.807, 2.05) is 24.3 Å². The first-order valence-electron chi connectivity index (χ1n) is 4.36. The smallest absolute Gasteiger partial charge is 0.262 e. The van der Waals surface area contributed by atoms with E-state index in [0.29, 0.717) is 4.88 Å². The van der Waals surface area contributed by atoms with Gasteiger partial charge in [-0.15, -0.1) is 11.3 Å². The fraction of sp³-hybridized carbons (Fsp3) is 0. The first kappa shape index (κ1) is 8.95. The summed E-state index contributed by atoms with van der Waals surface area (Å²) in [6, 6.07) is 9.43. The van der Waals surface area contributed by atoms with Crippen molar-refractivity contribution >= 4 is 49.4 Å². The minimum Gasteiger partial charge on any atom is -0.455 e. The molecule has 0 N–H and O–H groups in total. The molecular formula is C11H5ClO2S. The molecule has 0 saturated carbocycles. The zero-order valence-electron chi connectivity index (χ0n) is 7.49. The highest BCUT2D eigenvalue weighted by Gasteiger charge is 2.13. The molecule has 0 fully saturated rings. The Kier molecular flexibility index (Phi) is 1.84. The van der Waals surface area contributed by atoms with Gasteiger partial charge in [0.25, 0.3) is 5.24 Å². The van der Waals surface area contributed by atoms with Crippen LogP contribution in [0.5, 0.6) is 0 Å². The molecule has 2 aromatic heterocycles. The number of carbonyl (C=O) groups excluding carboxylic acids is 1. The van der Waals surface area contributed by atoms with E-state index in [0.717, 1.165) is 21.3 Å². The van der Waals surface area contributed by atoms with Crippen molar-refractivity contribution in [2.45, 2.75) is 0 Å². The Balaban J connectivity index is 2.42. The summed E-state index contributed by atoms with van der Waals surface area (Å²) in [6.45, 7) is 0. The van der Waals surface area contributed by atoms with Crippen molar-refractivity contribution in [3.63, 3.8) is 0 Å². The van der Waals surface area contributed by atoms with E-state index in [2.05, 4.69) is 0 Å². The lowest BCUT2D eigenvalue weighted by atomic mass is 10.2. The van der Waals surface area contributed by atoms with Crippen LogP contribution in [0.1, 0.15) is 9.67 Å². The molecule has 0 saturated heterocycles. The average Bonchev–Trinajstić information content (AvgIpc) is 2.73.